The lowest BCUT2D eigenvalue weighted by Gasteiger charge is -2.44. The molecule has 0 aromatic heterocycles. The quantitative estimate of drug-likeness (QED) is 0.742. The molecule has 1 amide bonds. The monoisotopic (exact) mass is 332 g/mol. The number of rotatable bonds is 4. The second kappa shape index (κ2) is 6.80. The lowest BCUT2D eigenvalue weighted by atomic mass is 9.71. The number of carbonyl (C=O) groups is 1. The zero-order valence-corrected chi connectivity index (χ0v) is 15.1. The summed E-state index contributed by atoms with van der Waals surface area (Å²) in [6.07, 6.45) is 12.7. The van der Waals surface area contributed by atoms with Gasteiger partial charge in [0, 0.05) is 51.2 Å². The summed E-state index contributed by atoms with van der Waals surface area (Å²) < 4.78 is 5.57. The van der Waals surface area contributed by atoms with Crippen LogP contribution in [0.25, 0.3) is 0 Å². The van der Waals surface area contributed by atoms with Crippen LogP contribution < -0.4 is 0 Å². The molecule has 4 nitrogen and oxygen atoms in total. The van der Waals surface area contributed by atoms with Gasteiger partial charge in [-0.25, -0.2) is 0 Å². The van der Waals surface area contributed by atoms with Crippen molar-refractivity contribution in [3.63, 3.8) is 0 Å². The maximum absolute atomic E-state index is 12.7. The summed E-state index contributed by atoms with van der Waals surface area (Å²) in [4.78, 5) is 17.6. The van der Waals surface area contributed by atoms with Gasteiger partial charge >= 0.3 is 0 Å². The zero-order valence-electron chi connectivity index (χ0n) is 15.1. The number of nitrogens with zero attached hydrogens (tertiary/aromatic N) is 2. The Morgan fingerprint density at radius 1 is 1.21 bits per heavy atom. The van der Waals surface area contributed by atoms with Crippen LogP contribution in [0.5, 0.6) is 0 Å². The number of allylic oxidation sites excluding steroid dienone is 2. The number of piperidine rings is 1. The molecule has 1 atom stereocenters. The van der Waals surface area contributed by atoms with Crippen molar-refractivity contribution < 1.29 is 9.53 Å². The Balaban J connectivity index is 1.39. The van der Waals surface area contributed by atoms with E-state index in [1.54, 1.807) is 0 Å². The fraction of sp³-hybridized carbons (Fsp3) is 0.850. The highest BCUT2D eigenvalue weighted by molar-refractivity contribution is 5.79. The first-order chi connectivity index (χ1) is 11.7. The molecule has 4 aliphatic rings. The van der Waals surface area contributed by atoms with Crippen molar-refractivity contribution in [1.82, 2.24) is 9.80 Å². The van der Waals surface area contributed by atoms with E-state index in [1.807, 2.05) is 7.11 Å². The van der Waals surface area contributed by atoms with Crippen LogP contribution in [-0.4, -0.2) is 61.6 Å². The maximum atomic E-state index is 12.7. The Kier molecular flexibility index (Phi) is 4.70. The molecule has 2 saturated heterocycles. The fourth-order valence-electron chi connectivity index (χ4n) is 5.35. The molecule has 0 aromatic rings. The summed E-state index contributed by atoms with van der Waals surface area (Å²) in [7, 11) is 1.84. The first kappa shape index (κ1) is 16.6. The van der Waals surface area contributed by atoms with Gasteiger partial charge in [0.25, 0.3) is 0 Å². The van der Waals surface area contributed by atoms with Gasteiger partial charge in [-0.3, -0.25) is 9.69 Å². The van der Waals surface area contributed by atoms with E-state index in [0.29, 0.717) is 17.2 Å². The van der Waals surface area contributed by atoms with Crippen molar-refractivity contribution in [3.05, 3.63) is 12.2 Å². The minimum Gasteiger partial charge on any atom is -0.384 e. The van der Waals surface area contributed by atoms with E-state index in [-0.39, 0.29) is 5.92 Å². The minimum absolute atomic E-state index is 0.226. The van der Waals surface area contributed by atoms with E-state index < -0.39 is 0 Å². The number of likely N-dealkylation sites (tertiary alicyclic amines) is 2. The maximum Gasteiger partial charge on any atom is 0.226 e. The fourth-order valence-corrected chi connectivity index (χ4v) is 5.35. The normalized spacial score (nSPS) is 31.0. The Hall–Kier alpha value is -0.870. The van der Waals surface area contributed by atoms with Gasteiger partial charge < -0.3 is 9.64 Å². The number of ether oxygens (including phenoxy) is 1. The van der Waals surface area contributed by atoms with Crippen molar-refractivity contribution in [2.24, 2.45) is 17.3 Å². The molecule has 1 spiro atoms. The van der Waals surface area contributed by atoms with Gasteiger partial charge in [0.1, 0.15) is 0 Å². The summed E-state index contributed by atoms with van der Waals surface area (Å²) in [6.45, 7) is 5.23. The third-order valence-corrected chi connectivity index (χ3v) is 7.23. The molecule has 4 heteroatoms. The highest BCUT2D eigenvalue weighted by atomic mass is 16.5. The van der Waals surface area contributed by atoms with Crippen LogP contribution in [0, 0.1) is 17.3 Å². The van der Waals surface area contributed by atoms with Crippen molar-refractivity contribution in [2.45, 2.75) is 51.0 Å². The standard InChI is InChI=1S/C20H32N2O2/c1-24-14-17-13-22(18-7-4-8-18)15-20(17)9-11-21(12-10-20)19(23)16-5-2-3-6-16/h2-3,16-18H,4-15H2,1H3. The topological polar surface area (TPSA) is 32.8 Å². The predicted octanol–water partition coefficient (Wildman–Crippen LogP) is 2.69. The second-order valence-corrected chi connectivity index (χ2v) is 8.49. The highest BCUT2D eigenvalue weighted by Gasteiger charge is 2.50. The molecule has 0 bridgehead atoms. The largest absolute Gasteiger partial charge is 0.384 e. The predicted molar refractivity (Wildman–Crippen MR) is 94.7 cm³/mol. The first-order valence-corrected chi connectivity index (χ1v) is 9.89. The van der Waals surface area contributed by atoms with Crippen molar-refractivity contribution in [1.29, 1.82) is 0 Å². The zero-order chi connectivity index (χ0) is 16.6. The SMILES string of the molecule is COCC1CN(C2CCC2)CC12CCN(C(=O)C1CC=CC1)CC2. The molecule has 1 unspecified atom stereocenters. The lowest BCUT2D eigenvalue weighted by molar-refractivity contribution is -0.138. The highest BCUT2D eigenvalue weighted by Crippen LogP contribution is 2.47. The summed E-state index contributed by atoms with van der Waals surface area (Å²) in [5.41, 5.74) is 0.385. The van der Waals surface area contributed by atoms with Gasteiger partial charge in [-0.15, -0.1) is 0 Å². The molecular weight excluding hydrogens is 300 g/mol. The van der Waals surface area contributed by atoms with Crippen molar-refractivity contribution in [2.75, 3.05) is 39.9 Å². The van der Waals surface area contributed by atoms with E-state index >= 15 is 0 Å². The third kappa shape index (κ3) is 2.92. The third-order valence-electron chi connectivity index (χ3n) is 7.23. The molecule has 2 aliphatic heterocycles. The Morgan fingerprint density at radius 2 is 1.92 bits per heavy atom. The average molecular weight is 332 g/mol. The molecule has 4 rings (SSSR count). The molecule has 2 heterocycles. The molecular formula is C20H32N2O2. The summed E-state index contributed by atoms with van der Waals surface area (Å²) in [5, 5.41) is 0. The number of carbonyl (C=O) groups excluding carboxylic acids is 1. The molecule has 3 fully saturated rings. The average Bonchev–Trinajstić information content (AvgIpc) is 3.16. The Labute approximate surface area is 146 Å². The van der Waals surface area contributed by atoms with Crippen LogP contribution in [0.1, 0.15) is 44.9 Å². The summed E-state index contributed by atoms with van der Waals surface area (Å²) in [6, 6.07) is 0.827. The number of hydrogen-bond donors (Lipinski definition) is 0. The van der Waals surface area contributed by atoms with Crippen LogP contribution in [0.3, 0.4) is 0 Å². The Morgan fingerprint density at radius 3 is 2.50 bits per heavy atom. The van der Waals surface area contributed by atoms with Gasteiger partial charge in [-0.2, -0.15) is 0 Å². The van der Waals surface area contributed by atoms with E-state index in [1.165, 1.54) is 32.4 Å². The number of hydrogen-bond acceptors (Lipinski definition) is 3. The molecule has 2 aliphatic carbocycles. The molecule has 24 heavy (non-hydrogen) atoms. The molecule has 1 saturated carbocycles. The van der Waals surface area contributed by atoms with E-state index in [4.69, 9.17) is 4.74 Å². The van der Waals surface area contributed by atoms with Crippen LogP contribution in [-0.2, 0) is 9.53 Å². The van der Waals surface area contributed by atoms with Gasteiger partial charge in [-0.05, 0) is 43.9 Å². The van der Waals surface area contributed by atoms with Gasteiger partial charge in [-0.1, -0.05) is 18.6 Å². The van der Waals surface area contributed by atoms with E-state index in [9.17, 15) is 4.79 Å². The van der Waals surface area contributed by atoms with Crippen LogP contribution in [0.2, 0.25) is 0 Å². The van der Waals surface area contributed by atoms with Crippen LogP contribution in [0.15, 0.2) is 12.2 Å². The van der Waals surface area contributed by atoms with E-state index in [2.05, 4.69) is 22.0 Å². The van der Waals surface area contributed by atoms with Gasteiger partial charge in [0.15, 0.2) is 0 Å². The molecule has 134 valence electrons. The van der Waals surface area contributed by atoms with Crippen molar-refractivity contribution in [3.8, 4) is 0 Å². The summed E-state index contributed by atoms with van der Waals surface area (Å²) >= 11 is 0. The lowest BCUT2D eigenvalue weighted by Crippen LogP contribution is -2.49. The smallest absolute Gasteiger partial charge is 0.226 e. The van der Waals surface area contributed by atoms with Crippen LogP contribution >= 0.6 is 0 Å². The number of amides is 1. The van der Waals surface area contributed by atoms with E-state index in [0.717, 1.165) is 51.4 Å². The second-order valence-electron chi connectivity index (χ2n) is 8.49. The number of methoxy groups -OCH3 is 1. The molecule has 0 N–H and O–H groups in total. The van der Waals surface area contributed by atoms with Crippen molar-refractivity contribution >= 4 is 5.91 Å². The molecule has 0 radical (unpaired) electrons. The van der Waals surface area contributed by atoms with Crippen LogP contribution in [0.4, 0.5) is 0 Å². The molecule has 0 aromatic carbocycles. The minimum atomic E-state index is 0.226. The Bertz CT molecular complexity index is 484. The van der Waals surface area contributed by atoms with Gasteiger partial charge in [0.2, 0.25) is 5.91 Å². The van der Waals surface area contributed by atoms with Gasteiger partial charge in [0.05, 0.1) is 6.61 Å². The summed E-state index contributed by atoms with van der Waals surface area (Å²) in [5.74, 6) is 1.27. The first-order valence-electron chi connectivity index (χ1n) is 9.89.